The molecule has 12 heteroatoms. The van der Waals surface area contributed by atoms with Crippen molar-refractivity contribution in [3.63, 3.8) is 0 Å². The van der Waals surface area contributed by atoms with Gasteiger partial charge in [0.15, 0.2) is 5.58 Å². The van der Waals surface area contributed by atoms with Gasteiger partial charge in [-0.1, -0.05) is 242 Å². The SMILES string of the molecule is [B]PC([B])P.[BiH2].c1ccc(-c2ccc(N(c3ccc(-c4ccccc4)cc3)c3ccc(-c4ccc5c(c4)c4ccccc4n5-c4ccccc4)cc3)cc2)cc1.c1ccc(-n2c3ccccc3c3cc(-c4ccc5c6ccccc6n(-c6cccc(-c7ncnc8c7oc7ccccc78)c6)c5c4)ccc32)cc1. The van der Waals surface area contributed by atoms with E-state index < -0.39 is 0 Å². The zero-order chi connectivity index (χ0) is 71.0. The summed E-state index contributed by atoms with van der Waals surface area (Å²) in [4.78, 5) is 11.7. The van der Waals surface area contributed by atoms with E-state index in [1.807, 2.05) is 24.3 Å². The molecule has 107 heavy (non-hydrogen) atoms. The van der Waals surface area contributed by atoms with Crippen LogP contribution in [-0.4, -0.2) is 70.6 Å². The molecule has 505 valence electrons. The molecule has 5 radical (unpaired) electrons. The minimum absolute atomic E-state index is 0. The third-order valence-corrected chi connectivity index (χ3v) is 21.0. The van der Waals surface area contributed by atoms with Crippen molar-refractivity contribution in [1.82, 2.24) is 23.7 Å². The van der Waals surface area contributed by atoms with Gasteiger partial charge in [0.2, 0.25) is 0 Å². The molecule has 7 nitrogen and oxygen atoms in total. The van der Waals surface area contributed by atoms with Crippen LogP contribution in [0.1, 0.15) is 0 Å². The van der Waals surface area contributed by atoms with Crippen LogP contribution in [0.3, 0.4) is 0 Å². The van der Waals surface area contributed by atoms with Gasteiger partial charge in [-0.05, 0) is 178 Å². The van der Waals surface area contributed by atoms with Crippen LogP contribution in [0.15, 0.2) is 381 Å². The average molecular weight is 1600 g/mol. The van der Waals surface area contributed by atoms with E-state index in [9.17, 15) is 0 Å². The van der Waals surface area contributed by atoms with Crippen molar-refractivity contribution >= 4 is 164 Å². The maximum Gasteiger partial charge on any atom is 0.180 e. The fraction of sp³-hybridized carbons (Fsp3) is 0.0105. The molecule has 20 rings (SSSR count). The van der Waals surface area contributed by atoms with Crippen LogP contribution < -0.4 is 4.90 Å². The van der Waals surface area contributed by atoms with Crippen molar-refractivity contribution in [2.24, 2.45) is 0 Å². The number of benzene rings is 15. The molecule has 20 aromatic rings. The van der Waals surface area contributed by atoms with Gasteiger partial charge < -0.3 is 23.0 Å². The van der Waals surface area contributed by atoms with Gasteiger partial charge >= 0.3 is 26.2 Å². The van der Waals surface area contributed by atoms with Gasteiger partial charge in [0.05, 0.1) is 40.9 Å². The number of hydrogen-bond donors (Lipinski definition) is 0. The first-order valence-corrected chi connectivity index (χ1v) is 37.3. The van der Waals surface area contributed by atoms with E-state index in [-0.39, 0.29) is 31.5 Å². The van der Waals surface area contributed by atoms with Crippen LogP contribution in [0, 0.1) is 0 Å². The Morgan fingerprint density at radius 1 is 0.308 bits per heavy atom. The molecule has 0 bridgehead atoms. The molecule has 0 saturated carbocycles. The van der Waals surface area contributed by atoms with E-state index in [1.165, 1.54) is 105 Å². The molecule has 3 atom stereocenters. The summed E-state index contributed by atoms with van der Waals surface area (Å²) in [6.07, 6.45) is 1.63. The molecular formula is C95H68B2BiN6OP2. The van der Waals surface area contributed by atoms with Gasteiger partial charge in [-0.2, -0.15) is 8.46 Å². The van der Waals surface area contributed by atoms with Crippen LogP contribution in [-0.2, 0) is 0 Å². The Labute approximate surface area is 646 Å². The predicted molar refractivity (Wildman–Crippen MR) is 462 cm³/mol. The first kappa shape index (κ1) is 68.4. The van der Waals surface area contributed by atoms with Crippen LogP contribution in [0.2, 0.25) is 0 Å². The summed E-state index contributed by atoms with van der Waals surface area (Å²) in [7, 11) is 12.9. The number of nitrogens with zero attached hydrogens (tertiary/aromatic N) is 6. The van der Waals surface area contributed by atoms with Crippen molar-refractivity contribution in [1.29, 1.82) is 0 Å². The third-order valence-electron chi connectivity index (χ3n) is 20.0. The number of rotatable bonds is 12. The van der Waals surface area contributed by atoms with Crippen molar-refractivity contribution in [2.75, 3.05) is 4.90 Å². The second-order valence-electron chi connectivity index (χ2n) is 26.4. The van der Waals surface area contributed by atoms with E-state index in [0.717, 1.165) is 67.2 Å². The number of para-hydroxylation sites is 6. The van der Waals surface area contributed by atoms with Crippen LogP contribution in [0.25, 0.3) is 160 Å². The number of furan rings is 1. The molecule has 5 aromatic heterocycles. The molecule has 0 fully saturated rings. The molecule has 0 amide bonds. The van der Waals surface area contributed by atoms with Crippen molar-refractivity contribution < 1.29 is 4.42 Å². The van der Waals surface area contributed by atoms with E-state index in [4.69, 9.17) is 24.8 Å². The Morgan fingerprint density at radius 3 is 1.15 bits per heavy atom. The molecular weight excluding hydrogens is 1530 g/mol. The summed E-state index contributed by atoms with van der Waals surface area (Å²) in [5.74, 6) is 0. The molecule has 15 aromatic carbocycles. The van der Waals surface area contributed by atoms with E-state index >= 15 is 0 Å². The monoisotopic (exact) mass is 1600 g/mol. The predicted octanol–water partition coefficient (Wildman–Crippen LogP) is 24.3. The van der Waals surface area contributed by atoms with Gasteiger partial charge in [0, 0.05) is 77.4 Å². The standard InChI is InChI=1S/C48H34N2.C46H28N4O.CH4B2P2.Bi.2H/c1-4-12-35(13-5-1)37-20-27-42(28-21-37)49(43-29-22-38(23-30-43)36-14-6-2-7-15-36)44-31-24-39(25-32-44)40-26-33-48-46(34-40)45-18-10-11-19-47(45)50(48)41-16-8-3-9-17-41;1-2-12-32(13-3-1)49-40-19-8-5-16-35(40)38-26-29(22-24-41(38)49)30-21-23-36-34-15-4-7-18-39(34)50(42(36)27-30)33-14-10-11-31(25-33)44-46-45(48-28-47-44)37-17-6-9-20-43(37)51-46;2-1(4)5-3;;;/h1-34H;1-28H;1,5H,4H2;;;. The fourth-order valence-corrected chi connectivity index (χ4v) is 15.1. The molecule has 5 heterocycles. The second-order valence-corrected chi connectivity index (χ2v) is 28.8. The molecule has 0 spiro atoms. The van der Waals surface area contributed by atoms with Crippen LogP contribution >= 0.6 is 17.7 Å². The molecule has 3 unspecified atom stereocenters. The number of hydrogen-bond acceptors (Lipinski definition) is 4. The minimum Gasteiger partial charge on any atom is -0.452 e. The fourth-order valence-electron chi connectivity index (χ4n) is 15.1. The summed E-state index contributed by atoms with van der Waals surface area (Å²) in [5, 5.41) is 8.52. The maximum atomic E-state index is 6.32. The van der Waals surface area contributed by atoms with Crippen molar-refractivity contribution in [3.8, 4) is 72.8 Å². The van der Waals surface area contributed by atoms with E-state index in [0.29, 0.717) is 14.0 Å². The molecule has 0 aliphatic carbocycles. The van der Waals surface area contributed by atoms with Crippen LogP contribution in [0.5, 0.6) is 0 Å². The first-order valence-electron chi connectivity index (χ1n) is 35.5. The zero-order valence-corrected chi connectivity index (χ0v) is 64.9. The Hall–Kier alpha value is -11.7. The summed E-state index contributed by atoms with van der Waals surface area (Å²) < 4.78 is 13.4. The number of fused-ring (bicyclic) bond motifs is 12. The Balaban J connectivity index is 0.000000147. The van der Waals surface area contributed by atoms with Gasteiger partial charge in [-0.15, -0.1) is 9.24 Å². The van der Waals surface area contributed by atoms with Gasteiger partial charge in [0.1, 0.15) is 30.7 Å². The largest absolute Gasteiger partial charge is 0.452 e. The van der Waals surface area contributed by atoms with E-state index in [1.54, 1.807) is 6.33 Å². The first-order chi connectivity index (χ1) is 52.4. The second kappa shape index (κ2) is 30.0. The van der Waals surface area contributed by atoms with Gasteiger partial charge in [0.25, 0.3) is 0 Å². The third kappa shape index (κ3) is 13.1. The Bertz CT molecular complexity index is 6510. The summed E-state index contributed by atoms with van der Waals surface area (Å²) in [6.45, 7) is 0. The summed E-state index contributed by atoms with van der Waals surface area (Å²) >= 11 is 0. The maximum absolute atomic E-state index is 6.32. The average Bonchev–Trinajstić information content (AvgIpc) is 1.60. The minimum atomic E-state index is 0. The number of anilines is 3. The summed E-state index contributed by atoms with van der Waals surface area (Å²) in [6, 6.07) is 132. The summed E-state index contributed by atoms with van der Waals surface area (Å²) in [5.41, 5.74) is 27.5. The normalized spacial score (nSPS) is 11.7. The smallest absolute Gasteiger partial charge is 0.180 e. The topological polar surface area (TPSA) is 57.0 Å². The number of aromatic nitrogens is 5. The zero-order valence-electron chi connectivity index (χ0n) is 58.3. The molecule has 0 N–H and O–H groups in total. The Morgan fingerprint density at radius 2 is 0.654 bits per heavy atom. The molecule has 0 saturated heterocycles. The van der Waals surface area contributed by atoms with E-state index in [2.05, 4.69) is 379 Å². The van der Waals surface area contributed by atoms with Gasteiger partial charge in [-0.3, -0.25) is 0 Å². The van der Waals surface area contributed by atoms with Gasteiger partial charge in [-0.25, -0.2) is 9.97 Å². The molecule has 0 aliphatic heterocycles. The van der Waals surface area contributed by atoms with Crippen molar-refractivity contribution in [3.05, 3.63) is 376 Å². The quantitative estimate of drug-likeness (QED) is 0.0903. The molecule has 0 aliphatic rings. The Kier molecular flexibility index (Phi) is 19.2. The van der Waals surface area contributed by atoms with Crippen molar-refractivity contribution in [2.45, 2.75) is 5.30 Å². The van der Waals surface area contributed by atoms with Crippen LogP contribution in [0.4, 0.5) is 17.1 Å².